The summed E-state index contributed by atoms with van der Waals surface area (Å²) in [5.74, 6) is -3.49. The van der Waals surface area contributed by atoms with Crippen LogP contribution in [0.2, 0.25) is 0 Å². The van der Waals surface area contributed by atoms with Crippen LogP contribution in [0.1, 0.15) is 10.4 Å². The number of fused-ring (bicyclic) bond motifs is 2. The Kier molecular flexibility index (Phi) is 3.96. The zero-order chi connectivity index (χ0) is 20.1. The average molecular weight is 384 g/mol. The summed E-state index contributed by atoms with van der Waals surface area (Å²) in [6.07, 6.45) is -5.31. The summed E-state index contributed by atoms with van der Waals surface area (Å²) in [7, 11) is 0. The van der Waals surface area contributed by atoms with E-state index in [-0.39, 0.29) is 11.0 Å². The number of ketones is 1. The van der Waals surface area contributed by atoms with Crippen LogP contribution in [0, 0.1) is 0 Å². The summed E-state index contributed by atoms with van der Waals surface area (Å²) in [6, 6.07) is 17.6. The Hall–Kier alpha value is -3.61. The highest BCUT2D eigenvalue weighted by Gasteiger charge is 2.43. The van der Waals surface area contributed by atoms with Gasteiger partial charge in [-0.25, -0.2) is 4.79 Å². The van der Waals surface area contributed by atoms with Crippen molar-refractivity contribution in [2.45, 2.75) is 6.18 Å². The van der Waals surface area contributed by atoms with Gasteiger partial charge in [-0.05, 0) is 40.1 Å². The number of alkyl halides is 3. The Bertz CT molecular complexity index is 1300. The van der Waals surface area contributed by atoms with Gasteiger partial charge in [0.05, 0.1) is 5.39 Å². The molecule has 3 aromatic carbocycles. The minimum Gasteiger partial charge on any atom is -0.506 e. The van der Waals surface area contributed by atoms with Gasteiger partial charge in [-0.3, -0.25) is 4.79 Å². The number of hydrogen-bond donors (Lipinski definition) is 1. The molecule has 0 aliphatic carbocycles. The van der Waals surface area contributed by atoms with Crippen LogP contribution in [-0.4, -0.2) is 17.1 Å². The Labute approximate surface area is 155 Å². The number of aromatic hydroxyl groups is 1. The van der Waals surface area contributed by atoms with E-state index >= 15 is 0 Å². The maximum Gasteiger partial charge on any atom is 0.455 e. The molecule has 0 atom stereocenters. The molecule has 4 nitrogen and oxygen atoms in total. The molecular formula is C21H11F3O4. The number of hydrogen-bond acceptors (Lipinski definition) is 4. The second-order valence-electron chi connectivity index (χ2n) is 6.21. The van der Waals surface area contributed by atoms with Crippen molar-refractivity contribution in [3.8, 4) is 16.9 Å². The minimum absolute atomic E-state index is 0.120. The van der Waals surface area contributed by atoms with Gasteiger partial charge in [-0.15, -0.1) is 0 Å². The monoisotopic (exact) mass is 384 g/mol. The second kappa shape index (κ2) is 6.23. The van der Waals surface area contributed by atoms with Crippen molar-refractivity contribution in [3.05, 3.63) is 76.6 Å². The molecule has 0 aliphatic heterocycles. The van der Waals surface area contributed by atoms with Crippen molar-refractivity contribution in [2.24, 2.45) is 0 Å². The van der Waals surface area contributed by atoms with Crippen LogP contribution in [0.25, 0.3) is 32.9 Å². The molecule has 0 bridgehead atoms. The van der Waals surface area contributed by atoms with Gasteiger partial charge < -0.3 is 9.52 Å². The largest absolute Gasteiger partial charge is 0.506 e. The van der Waals surface area contributed by atoms with Crippen molar-refractivity contribution >= 4 is 27.5 Å². The van der Waals surface area contributed by atoms with Crippen molar-refractivity contribution in [1.82, 2.24) is 0 Å². The molecule has 1 N–H and O–H groups in total. The molecule has 4 aromatic rings. The second-order valence-corrected chi connectivity index (χ2v) is 6.21. The normalized spacial score (nSPS) is 11.8. The molecule has 0 saturated heterocycles. The Morgan fingerprint density at radius 3 is 2.25 bits per heavy atom. The SMILES string of the molecule is O=C(c1c(O)c2cc(-c3ccc4ccccc4c3)ccc2oc1=O)C(F)(F)F. The Morgan fingerprint density at radius 2 is 1.54 bits per heavy atom. The third-order valence-electron chi connectivity index (χ3n) is 4.45. The number of benzene rings is 3. The fraction of sp³-hybridized carbons (Fsp3) is 0.0476. The number of Topliss-reactive ketones (excluding diaryl/α,β-unsaturated/α-hetero) is 1. The van der Waals surface area contributed by atoms with Gasteiger partial charge in [-0.2, -0.15) is 13.2 Å². The smallest absolute Gasteiger partial charge is 0.455 e. The molecule has 140 valence electrons. The van der Waals surface area contributed by atoms with Crippen LogP contribution in [0.3, 0.4) is 0 Å². The van der Waals surface area contributed by atoms with E-state index in [2.05, 4.69) is 0 Å². The van der Waals surface area contributed by atoms with E-state index in [9.17, 15) is 27.9 Å². The number of halogens is 3. The van der Waals surface area contributed by atoms with Crippen LogP contribution < -0.4 is 5.63 Å². The zero-order valence-corrected chi connectivity index (χ0v) is 14.1. The molecule has 0 radical (unpaired) electrons. The van der Waals surface area contributed by atoms with Gasteiger partial charge in [0.25, 0.3) is 5.78 Å². The molecule has 4 rings (SSSR count). The highest BCUT2D eigenvalue weighted by atomic mass is 19.4. The van der Waals surface area contributed by atoms with Gasteiger partial charge in [-0.1, -0.05) is 42.5 Å². The molecular weight excluding hydrogens is 373 g/mol. The molecule has 0 unspecified atom stereocenters. The highest BCUT2D eigenvalue weighted by molar-refractivity contribution is 6.06. The topological polar surface area (TPSA) is 67.5 Å². The lowest BCUT2D eigenvalue weighted by Gasteiger charge is -2.10. The lowest BCUT2D eigenvalue weighted by Crippen LogP contribution is -2.28. The Morgan fingerprint density at radius 1 is 0.893 bits per heavy atom. The third-order valence-corrected chi connectivity index (χ3v) is 4.45. The molecule has 7 heteroatoms. The standard InChI is InChI=1S/C21H11F3O4/c22-21(23,24)19(26)17-18(25)15-10-14(7-8-16(15)28-20(17)27)13-6-5-11-3-1-2-4-12(11)9-13/h1-10,25H. The maximum atomic E-state index is 12.7. The van der Waals surface area contributed by atoms with Gasteiger partial charge in [0.2, 0.25) is 0 Å². The number of rotatable bonds is 2. The van der Waals surface area contributed by atoms with Gasteiger partial charge >= 0.3 is 11.8 Å². The molecule has 0 aliphatic rings. The fourth-order valence-corrected chi connectivity index (χ4v) is 3.08. The molecule has 0 amide bonds. The fourth-order valence-electron chi connectivity index (χ4n) is 3.08. The lowest BCUT2D eigenvalue weighted by atomic mass is 9.99. The number of carbonyl (C=O) groups excluding carboxylic acids is 1. The lowest BCUT2D eigenvalue weighted by molar-refractivity contribution is -0.0888. The first kappa shape index (κ1) is 17.8. The van der Waals surface area contributed by atoms with Crippen molar-refractivity contribution < 1.29 is 27.5 Å². The van der Waals surface area contributed by atoms with Crippen molar-refractivity contribution in [3.63, 3.8) is 0 Å². The summed E-state index contributed by atoms with van der Waals surface area (Å²) < 4.78 is 43.1. The quantitative estimate of drug-likeness (QED) is 0.387. The van der Waals surface area contributed by atoms with Crippen LogP contribution >= 0.6 is 0 Å². The summed E-state index contributed by atoms with van der Waals surface area (Å²) in [4.78, 5) is 23.3. The first-order valence-corrected chi connectivity index (χ1v) is 8.16. The first-order valence-electron chi connectivity index (χ1n) is 8.16. The van der Waals surface area contributed by atoms with Crippen molar-refractivity contribution in [1.29, 1.82) is 0 Å². The zero-order valence-electron chi connectivity index (χ0n) is 14.1. The van der Waals surface area contributed by atoms with E-state index in [1.807, 2.05) is 42.5 Å². The van der Waals surface area contributed by atoms with E-state index in [0.717, 1.165) is 16.3 Å². The van der Waals surface area contributed by atoms with E-state index in [0.29, 0.717) is 5.56 Å². The van der Waals surface area contributed by atoms with Crippen LogP contribution in [0.15, 0.2) is 69.9 Å². The predicted octanol–water partition coefficient (Wildman–Crippen LogP) is 5.06. The van der Waals surface area contributed by atoms with Crippen molar-refractivity contribution in [2.75, 3.05) is 0 Å². The van der Waals surface area contributed by atoms with E-state index in [1.165, 1.54) is 12.1 Å². The number of carbonyl (C=O) groups is 1. The molecule has 28 heavy (non-hydrogen) atoms. The first-order chi connectivity index (χ1) is 13.3. The van der Waals surface area contributed by atoms with E-state index in [1.54, 1.807) is 6.07 Å². The summed E-state index contributed by atoms with van der Waals surface area (Å²) in [5.41, 5.74) is -1.75. The maximum absolute atomic E-state index is 12.7. The molecule has 0 saturated carbocycles. The van der Waals surface area contributed by atoms with Crippen LogP contribution in [-0.2, 0) is 0 Å². The van der Waals surface area contributed by atoms with Gasteiger partial charge in [0.1, 0.15) is 11.3 Å². The van der Waals surface area contributed by atoms with Crippen LogP contribution in [0.5, 0.6) is 5.75 Å². The summed E-state index contributed by atoms with van der Waals surface area (Å²) in [6.45, 7) is 0. The van der Waals surface area contributed by atoms with Crippen LogP contribution in [0.4, 0.5) is 13.2 Å². The Balaban J connectivity index is 1.92. The molecule has 0 fully saturated rings. The van der Waals surface area contributed by atoms with Gasteiger partial charge in [0, 0.05) is 0 Å². The minimum atomic E-state index is -5.31. The average Bonchev–Trinajstić information content (AvgIpc) is 2.66. The predicted molar refractivity (Wildman–Crippen MR) is 97.5 cm³/mol. The van der Waals surface area contributed by atoms with E-state index in [4.69, 9.17) is 4.42 Å². The summed E-state index contributed by atoms with van der Waals surface area (Å²) in [5, 5.41) is 12.0. The molecule has 1 aromatic heterocycles. The highest BCUT2D eigenvalue weighted by Crippen LogP contribution is 2.34. The molecule has 0 spiro atoms. The molecule has 1 heterocycles. The van der Waals surface area contributed by atoms with Gasteiger partial charge in [0.15, 0.2) is 5.56 Å². The summed E-state index contributed by atoms with van der Waals surface area (Å²) >= 11 is 0. The third kappa shape index (κ3) is 2.90. The van der Waals surface area contributed by atoms with E-state index < -0.39 is 28.9 Å².